The number of aromatic nitrogens is 6. The molecule has 12 heteroatoms. The molecule has 36 heavy (non-hydrogen) atoms. The molecule has 3 rings (SSSR count). The summed E-state index contributed by atoms with van der Waals surface area (Å²) in [5, 5.41) is 17.9. The Balaban J connectivity index is 0.00000145. The molecule has 0 aliphatic rings. The lowest BCUT2D eigenvalue weighted by Gasteiger charge is -2.22. The smallest absolute Gasteiger partial charge is 0.373 e. The zero-order chi connectivity index (χ0) is 26.3. The summed E-state index contributed by atoms with van der Waals surface area (Å²) >= 11 is 0. The largest absolute Gasteiger partial charge is 0.496 e. The Morgan fingerprint density at radius 3 is 2.53 bits per heavy atom. The molecule has 0 saturated heterocycles. The first-order chi connectivity index (χ1) is 17.5. The van der Waals surface area contributed by atoms with Gasteiger partial charge in [-0.05, 0) is 36.5 Å². The van der Waals surface area contributed by atoms with E-state index in [9.17, 15) is 0 Å². The van der Waals surface area contributed by atoms with Crippen molar-refractivity contribution < 1.29 is 19.1 Å². The first-order valence-corrected chi connectivity index (χ1v) is 11.8. The minimum absolute atomic E-state index is 0.235. The standard InChI is InChI=1S/C23H34N8O2.CO2/c1-5-7-17(10-11-32-3)25-22-18(19(6-2)26-23(24)27-22)14-16-12-15(8-9-20(16)33-4)13-21-28-30-31-29-21;2-1-3/h8-9,12,17H,5-7,10-11,13-14H2,1-4H3,(H3,24,25,26,27)(H,28,29,30,31);/t17-;/m0./s1. The molecule has 0 unspecified atom stereocenters. The Labute approximate surface area is 210 Å². The summed E-state index contributed by atoms with van der Waals surface area (Å²) in [6, 6.07) is 6.34. The Morgan fingerprint density at radius 2 is 1.92 bits per heavy atom. The van der Waals surface area contributed by atoms with Gasteiger partial charge in [-0.3, -0.25) is 0 Å². The highest BCUT2D eigenvalue weighted by molar-refractivity contribution is 5.54. The number of anilines is 2. The summed E-state index contributed by atoms with van der Waals surface area (Å²) in [6.07, 6.45) is 5.14. The Hall–Kier alpha value is -3.89. The van der Waals surface area contributed by atoms with Crippen LogP contribution in [0.3, 0.4) is 0 Å². The maximum Gasteiger partial charge on any atom is 0.373 e. The average molecular weight is 499 g/mol. The number of ether oxygens (including phenoxy) is 2. The van der Waals surface area contributed by atoms with Crippen LogP contribution in [0.4, 0.5) is 11.8 Å². The van der Waals surface area contributed by atoms with Crippen LogP contribution in [0.5, 0.6) is 5.75 Å². The number of nitrogens with zero attached hydrogens (tertiary/aromatic N) is 5. The maximum atomic E-state index is 8.12. The molecule has 0 aliphatic heterocycles. The van der Waals surface area contributed by atoms with Crippen LogP contribution in [0.2, 0.25) is 0 Å². The molecule has 1 atom stereocenters. The van der Waals surface area contributed by atoms with Crippen molar-refractivity contribution in [2.45, 2.75) is 58.4 Å². The minimum Gasteiger partial charge on any atom is -0.496 e. The second kappa shape index (κ2) is 15.2. The van der Waals surface area contributed by atoms with Crippen molar-refractivity contribution in [3.63, 3.8) is 0 Å². The SMILES string of the molecule is CCC[C@@H](CCOC)Nc1nc(N)nc(CC)c1Cc1cc(Cc2nn[nH]n2)ccc1OC.O=C=O. The number of methoxy groups -OCH3 is 2. The first kappa shape index (κ1) is 28.3. The van der Waals surface area contributed by atoms with Gasteiger partial charge < -0.3 is 20.5 Å². The zero-order valence-electron chi connectivity index (χ0n) is 21.2. The summed E-state index contributed by atoms with van der Waals surface area (Å²) in [6.45, 7) is 4.93. The molecule has 2 heterocycles. The van der Waals surface area contributed by atoms with E-state index >= 15 is 0 Å². The van der Waals surface area contributed by atoms with Gasteiger partial charge in [-0.1, -0.05) is 37.6 Å². The molecule has 0 bridgehead atoms. The van der Waals surface area contributed by atoms with E-state index in [4.69, 9.17) is 24.8 Å². The van der Waals surface area contributed by atoms with Gasteiger partial charge in [0.25, 0.3) is 0 Å². The van der Waals surface area contributed by atoms with Crippen molar-refractivity contribution in [1.29, 1.82) is 0 Å². The predicted molar refractivity (Wildman–Crippen MR) is 132 cm³/mol. The van der Waals surface area contributed by atoms with Gasteiger partial charge in [-0.25, -0.2) is 4.98 Å². The monoisotopic (exact) mass is 498 g/mol. The Bertz CT molecular complexity index is 1100. The second-order valence-corrected chi connectivity index (χ2v) is 8.03. The molecule has 1 aromatic carbocycles. The van der Waals surface area contributed by atoms with E-state index < -0.39 is 0 Å². The van der Waals surface area contributed by atoms with E-state index in [-0.39, 0.29) is 18.1 Å². The summed E-state index contributed by atoms with van der Waals surface area (Å²) in [7, 11) is 3.40. The number of hydrogen-bond donors (Lipinski definition) is 3. The zero-order valence-corrected chi connectivity index (χ0v) is 21.2. The highest BCUT2D eigenvalue weighted by Crippen LogP contribution is 2.29. The normalized spacial score (nSPS) is 11.2. The van der Waals surface area contributed by atoms with E-state index in [1.165, 1.54) is 0 Å². The molecule has 4 N–H and O–H groups in total. The molecule has 0 saturated carbocycles. The molecular weight excluding hydrogens is 464 g/mol. The third kappa shape index (κ3) is 8.40. The van der Waals surface area contributed by atoms with E-state index in [1.807, 2.05) is 12.1 Å². The third-order valence-corrected chi connectivity index (χ3v) is 5.56. The van der Waals surface area contributed by atoms with E-state index in [1.54, 1.807) is 14.2 Å². The average Bonchev–Trinajstić information content (AvgIpc) is 3.37. The van der Waals surface area contributed by atoms with Crippen LogP contribution in [0, 0.1) is 0 Å². The van der Waals surface area contributed by atoms with Crippen molar-refractivity contribution in [2.24, 2.45) is 0 Å². The number of carbonyl (C=O) groups excluding carboxylic acids is 2. The highest BCUT2D eigenvalue weighted by atomic mass is 16.5. The molecule has 194 valence electrons. The number of hydrogen-bond acceptors (Lipinski definition) is 11. The number of aromatic amines is 1. The number of nitrogens with two attached hydrogens (primary N) is 1. The van der Waals surface area contributed by atoms with Crippen molar-refractivity contribution >= 4 is 17.9 Å². The summed E-state index contributed by atoms with van der Waals surface area (Å²) in [5.41, 5.74) is 10.1. The fourth-order valence-corrected chi connectivity index (χ4v) is 3.95. The van der Waals surface area contributed by atoms with Crippen LogP contribution < -0.4 is 15.8 Å². The second-order valence-electron chi connectivity index (χ2n) is 8.03. The summed E-state index contributed by atoms with van der Waals surface area (Å²) in [4.78, 5) is 25.4. The molecule has 12 nitrogen and oxygen atoms in total. The van der Waals surface area contributed by atoms with Crippen LogP contribution in [0.1, 0.15) is 61.3 Å². The van der Waals surface area contributed by atoms with Crippen LogP contribution in [-0.2, 0) is 33.6 Å². The topological polar surface area (TPSA) is 171 Å². The molecule has 3 aromatic rings. The quantitative estimate of drug-likeness (QED) is 0.316. The molecule has 0 radical (unpaired) electrons. The maximum absolute atomic E-state index is 8.12. The Morgan fingerprint density at radius 1 is 1.14 bits per heavy atom. The van der Waals surface area contributed by atoms with Crippen LogP contribution >= 0.6 is 0 Å². The van der Waals surface area contributed by atoms with E-state index in [2.05, 4.69) is 55.8 Å². The summed E-state index contributed by atoms with van der Waals surface area (Å²) < 4.78 is 11.0. The number of nitrogen functional groups attached to an aromatic ring is 1. The van der Waals surface area contributed by atoms with E-state index in [0.29, 0.717) is 25.3 Å². The highest BCUT2D eigenvalue weighted by Gasteiger charge is 2.19. The van der Waals surface area contributed by atoms with Crippen LogP contribution in [0.15, 0.2) is 18.2 Å². The molecular formula is C24H34N8O4. The lowest BCUT2D eigenvalue weighted by Crippen LogP contribution is -2.24. The van der Waals surface area contributed by atoms with Gasteiger partial charge in [-0.2, -0.15) is 19.8 Å². The van der Waals surface area contributed by atoms with Gasteiger partial charge in [0.15, 0.2) is 5.82 Å². The fraction of sp³-hybridized carbons (Fsp3) is 0.500. The fourth-order valence-electron chi connectivity index (χ4n) is 3.95. The number of aryl methyl sites for hydroxylation is 1. The number of benzene rings is 1. The van der Waals surface area contributed by atoms with Crippen molar-refractivity contribution in [2.75, 3.05) is 31.9 Å². The summed E-state index contributed by atoms with van der Waals surface area (Å²) in [5.74, 6) is 2.50. The van der Waals surface area contributed by atoms with E-state index in [0.717, 1.165) is 59.6 Å². The molecule has 2 aromatic heterocycles. The third-order valence-electron chi connectivity index (χ3n) is 5.56. The van der Waals surface area contributed by atoms with Gasteiger partial charge in [-0.15, -0.1) is 10.2 Å². The van der Waals surface area contributed by atoms with Gasteiger partial charge in [0.1, 0.15) is 11.6 Å². The van der Waals surface area contributed by atoms with Gasteiger partial charge >= 0.3 is 6.15 Å². The van der Waals surface area contributed by atoms with Crippen molar-refractivity contribution in [3.8, 4) is 5.75 Å². The number of H-pyrrole nitrogens is 1. The molecule has 0 aliphatic carbocycles. The Kier molecular flexibility index (Phi) is 12.0. The number of rotatable bonds is 13. The molecule has 0 amide bonds. The lowest BCUT2D eigenvalue weighted by atomic mass is 9.98. The van der Waals surface area contributed by atoms with Crippen LogP contribution in [-0.4, -0.2) is 63.6 Å². The molecule has 0 fully saturated rings. The van der Waals surface area contributed by atoms with Crippen LogP contribution in [0.25, 0.3) is 0 Å². The van der Waals surface area contributed by atoms with Crippen molar-refractivity contribution in [1.82, 2.24) is 30.6 Å². The number of nitrogens with one attached hydrogen (secondary N) is 2. The van der Waals surface area contributed by atoms with Gasteiger partial charge in [0.05, 0.1) is 12.8 Å². The van der Waals surface area contributed by atoms with Gasteiger partial charge in [0, 0.05) is 38.2 Å². The van der Waals surface area contributed by atoms with Gasteiger partial charge in [0.2, 0.25) is 5.95 Å². The van der Waals surface area contributed by atoms with Crippen molar-refractivity contribution in [3.05, 3.63) is 46.4 Å². The first-order valence-electron chi connectivity index (χ1n) is 11.8. The lowest BCUT2D eigenvalue weighted by molar-refractivity contribution is -0.191. The molecule has 0 spiro atoms. The number of tetrazole rings is 1. The minimum atomic E-state index is 0.235. The predicted octanol–water partition coefficient (Wildman–Crippen LogP) is 2.36.